The summed E-state index contributed by atoms with van der Waals surface area (Å²) in [6.07, 6.45) is 8.46. The minimum absolute atomic E-state index is 0. The lowest BCUT2D eigenvalue weighted by Crippen LogP contribution is -2.40. The molecule has 0 bridgehead atoms. The van der Waals surface area contributed by atoms with Gasteiger partial charge in [0.15, 0.2) is 0 Å². The zero-order valence-corrected chi connectivity index (χ0v) is 12.7. The first-order chi connectivity index (χ1) is 8.26. The smallest absolute Gasteiger partial charge is 0.234 e. The number of rotatable bonds is 10. The SMILES string of the molecule is CCCCC(CCC)NC(=O)CNCC1CC1.Cl. The molecule has 0 aromatic rings. The van der Waals surface area contributed by atoms with E-state index in [4.69, 9.17) is 0 Å². The number of carbonyl (C=O) groups is 1. The van der Waals surface area contributed by atoms with Crippen LogP contribution in [0.15, 0.2) is 0 Å². The van der Waals surface area contributed by atoms with Crippen molar-refractivity contribution in [2.75, 3.05) is 13.1 Å². The molecular formula is C14H29ClN2O. The van der Waals surface area contributed by atoms with Crippen LogP contribution in [0.2, 0.25) is 0 Å². The van der Waals surface area contributed by atoms with E-state index in [1.54, 1.807) is 0 Å². The minimum Gasteiger partial charge on any atom is -0.352 e. The molecule has 3 nitrogen and oxygen atoms in total. The summed E-state index contributed by atoms with van der Waals surface area (Å²) < 4.78 is 0. The number of hydrogen-bond acceptors (Lipinski definition) is 2. The molecule has 0 radical (unpaired) electrons. The second kappa shape index (κ2) is 10.6. The van der Waals surface area contributed by atoms with Gasteiger partial charge in [0.05, 0.1) is 6.54 Å². The molecular weight excluding hydrogens is 248 g/mol. The number of hydrogen-bond donors (Lipinski definition) is 2. The van der Waals surface area contributed by atoms with Gasteiger partial charge in [-0.1, -0.05) is 33.1 Å². The third kappa shape index (κ3) is 8.76. The van der Waals surface area contributed by atoms with Crippen molar-refractivity contribution in [2.24, 2.45) is 5.92 Å². The average Bonchev–Trinajstić information content (AvgIpc) is 3.10. The highest BCUT2D eigenvalue weighted by Gasteiger charge is 2.20. The van der Waals surface area contributed by atoms with Crippen molar-refractivity contribution < 1.29 is 4.79 Å². The number of halogens is 1. The summed E-state index contributed by atoms with van der Waals surface area (Å²) in [6.45, 7) is 5.88. The van der Waals surface area contributed by atoms with Crippen molar-refractivity contribution in [1.82, 2.24) is 10.6 Å². The van der Waals surface area contributed by atoms with Crippen LogP contribution in [0.3, 0.4) is 0 Å². The number of nitrogens with one attached hydrogen (secondary N) is 2. The van der Waals surface area contributed by atoms with E-state index in [0.717, 1.165) is 31.7 Å². The Morgan fingerprint density at radius 3 is 2.50 bits per heavy atom. The van der Waals surface area contributed by atoms with Crippen LogP contribution in [0.4, 0.5) is 0 Å². The molecule has 1 amide bonds. The van der Waals surface area contributed by atoms with Gasteiger partial charge in [-0.25, -0.2) is 0 Å². The second-order valence-corrected chi connectivity index (χ2v) is 5.27. The van der Waals surface area contributed by atoms with E-state index in [1.165, 1.54) is 25.7 Å². The fraction of sp³-hybridized carbons (Fsp3) is 0.929. The Bertz CT molecular complexity index is 220. The van der Waals surface area contributed by atoms with Crippen LogP contribution in [-0.4, -0.2) is 25.0 Å². The largest absolute Gasteiger partial charge is 0.352 e. The molecule has 4 heteroatoms. The summed E-state index contributed by atoms with van der Waals surface area (Å²) in [5.74, 6) is 1.01. The molecule has 0 saturated heterocycles. The van der Waals surface area contributed by atoms with Crippen LogP contribution in [0.5, 0.6) is 0 Å². The van der Waals surface area contributed by atoms with Crippen molar-refractivity contribution in [2.45, 2.75) is 64.8 Å². The van der Waals surface area contributed by atoms with Gasteiger partial charge < -0.3 is 10.6 Å². The molecule has 1 aliphatic rings. The predicted octanol–water partition coefficient (Wildman–Crippen LogP) is 2.88. The van der Waals surface area contributed by atoms with Gasteiger partial charge >= 0.3 is 0 Å². The van der Waals surface area contributed by atoms with Gasteiger partial charge in [0.25, 0.3) is 0 Å². The lowest BCUT2D eigenvalue weighted by Gasteiger charge is -2.18. The monoisotopic (exact) mass is 276 g/mol. The third-order valence-electron chi connectivity index (χ3n) is 3.32. The van der Waals surface area contributed by atoms with Gasteiger partial charge in [0.1, 0.15) is 0 Å². The maximum absolute atomic E-state index is 11.7. The maximum Gasteiger partial charge on any atom is 0.234 e. The molecule has 2 N–H and O–H groups in total. The first-order valence-electron chi connectivity index (χ1n) is 7.26. The first-order valence-corrected chi connectivity index (χ1v) is 7.26. The Labute approximate surface area is 118 Å². The zero-order valence-electron chi connectivity index (χ0n) is 11.8. The minimum atomic E-state index is 0. The molecule has 1 atom stereocenters. The molecule has 0 aliphatic heterocycles. The van der Waals surface area contributed by atoms with E-state index in [2.05, 4.69) is 24.5 Å². The summed E-state index contributed by atoms with van der Waals surface area (Å²) in [7, 11) is 0. The van der Waals surface area contributed by atoms with Crippen molar-refractivity contribution in [3.05, 3.63) is 0 Å². The van der Waals surface area contributed by atoms with Gasteiger partial charge in [-0.15, -0.1) is 12.4 Å². The van der Waals surface area contributed by atoms with E-state index < -0.39 is 0 Å². The Hall–Kier alpha value is -0.280. The number of amides is 1. The molecule has 18 heavy (non-hydrogen) atoms. The standard InChI is InChI=1S/C14H28N2O.ClH/c1-3-5-7-13(6-4-2)16-14(17)11-15-10-12-8-9-12;/h12-13,15H,3-11H2,1-2H3,(H,16,17);1H. The normalized spacial score (nSPS) is 15.9. The fourth-order valence-corrected chi connectivity index (χ4v) is 2.08. The topological polar surface area (TPSA) is 41.1 Å². The molecule has 1 rings (SSSR count). The van der Waals surface area contributed by atoms with Crippen LogP contribution in [-0.2, 0) is 4.79 Å². The molecule has 1 fully saturated rings. The van der Waals surface area contributed by atoms with Crippen molar-refractivity contribution >= 4 is 18.3 Å². The van der Waals surface area contributed by atoms with Gasteiger partial charge in [0.2, 0.25) is 5.91 Å². The van der Waals surface area contributed by atoms with Crippen LogP contribution >= 0.6 is 12.4 Å². The summed E-state index contributed by atoms with van der Waals surface area (Å²) in [5, 5.41) is 6.38. The maximum atomic E-state index is 11.7. The summed E-state index contributed by atoms with van der Waals surface area (Å²) in [5.41, 5.74) is 0. The van der Waals surface area contributed by atoms with Gasteiger partial charge in [-0.05, 0) is 38.1 Å². The zero-order chi connectivity index (χ0) is 12.5. The highest BCUT2D eigenvalue weighted by atomic mass is 35.5. The van der Waals surface area contributed by atoms with Gasteiger partial charge in [-0.3, -0.25) is 4.79 Å². The molecule has 1 aliphatic carbocycles. The van der Waals surface area contributed by atoms with E-state index in [0.29, 0.717) is 12.6 Å². The van der Waals surface area contributed by atoms with Crippen molar-refractivity contribution in [1.29, 1.82) is 0 Å². The highest BCUT2D eigenvalue weighted by molar-refractivity contribution is 5.85. The Morgan fingerprint density at radius 2 is 1.94 bits per heavy atom. The van der Waals surface area contributed by atoms with E-state index in [-0.39, 0.29) is 18.3 Å². The van der Waals surface area contributed by atoms with Crippen LogP contribution in [0.1, 0.15) is 58.8 Å². The molecule has 108 valence electrons. The second-order valence-electron chi connectivity index (χ2n) is 5.27. The molecule has 1 saturated carbocycles. The average molecular weight is 277 g/mol. The Kier molecular flexibility index (Phi) is 10.5. The van der Waals surface area contributed by atoms with Gasteiger partial charge in [0, 0.05) is 6.04 Å². The van der Waals surface area contributed by atoms with E-state index >= 15 is 0 Å². The lowest BCUT2D eigenvalue weighted by atomic mass is 10.1. The fourth-order valence-electron chi connectivity index (χ4n) is 2.08. The number of carbonyl (C=O) groups excluding carboxylic acids is 1. The lowest BCUT2D eigenvalue weighted by molar-refractivity contribution is -0.121. The molecule has 0 heterocycles. The van der Waals surface area contributed by atoms with E-state index in [1.807, 2.05) is 0 Å². The summed E-state index contributed by atoms with van der Waals surface area (Å²) >= 11 is 0. The van der Waals surface area contributed by atoms with Crippen molar-refractivity contribution in [3.8, 4) is 0 Å². The van der Waals surface area contributed by atoms with E-state index in [9.17, 15) is 4.79 Å². The number of unbranched alkanes of at least 4 members (excludes halogenated alkanes) is 1. The van der Waals surface area contributed by atoms with Crippen molar-refractivity contribution in [3.63, 3.8) is 0 Å². The summed E-state index contributed by atoms with van der Waals surface area (Å²) in [4.78, 5) is 11.7. The molecule has 1 unspecified atom stereocenters. The molecule has 0 spiro atoms. The van der Waals surface area contributed by atoms with Gasteiger partial charge in [-0.2, -0.15) is 0 Å². The van der Waals surface area contributed by atoms with Crippen LogP contribution < -0.4 is 10.6 Å². The van der Waals surface area contributed by atoms with Crippen LogP contribution in [0.25, 0.3) is 0 Å². The summed E-state index contributed by atoms with van der Waals surface area (Å²) in [6, 6.07) is 0.384. The Balaban J connectivity index is 0.00000289. The third-order valence-corrected chi connectivity index (χ3v) is 3.32. The molecule has 0 aromatic heterocycles. The first kappa shape index (κ1) is 17.7. The molecule has 0 aromatic carbocycles. The quantitative estimate of drug-likeness (QED) is 0.644. The Morgan fingerprint density at radius 1 is 1.22 bits per heavy atom. The predicted molar refractivity (Wildman–Crippen MR) is 79.2 cm³/mol. The highest BCUT2D eigenvalue weighted by Crippen LogP contribution is 2.27. The van der Waals surface area contributed by atoms with Crippen LogP contribution in [0, 0.1) is 5.92 Å².